The Morgan fingerprint density at radius 2 is 2.00 bits per heavy atom. The fraction of sp³-hybridized carbons (Fsp3) is 0.636. The highest BCUT2D eigenvalue weighted by Gasteiger charge is 2.22. The van der Waals surface area contributed by atoms with Crippen LogP contribution in [-0.4, -0.2) is 43.0 Å². The molecule has 1 amide bonds. The Kier molecular flexibility index (Phi) is 4.82. The molecular formula is C11H18N2O3. The van der Waals surface area contributed by atoms with Crippen LogP contribution in [0.15, 0.2) is 12.3 Å². The molecule has 0 aromatic rings. The van der Waals surface area contributed by atoms with Crippen LogP contribution >= 0.6 is 0 Å². The van der Waals surface area contributed by atoms with Crippen LogP contribution in [0.2, 0.25) is 0 Å². The first kappa shape index (κ1) is 12.5. The molecule has 1 aliphatic rings. The van der Waals surface area contributed by atoms with E-state index in [4.69, 9.17) is 0 Å². The van der Waals surface area contributed by atoms with E-state index in [2.05, 4.69) is 10.1 Å². The number of rotatable bonds is 4. The number of amides is 1. The van der Waals surface area contributed by atoms with Crippen LogP contribution in [-0.2, 0) is 14.3 Å². The first-order valence-corrected chi connectivity index (χ1v) is 5.44. The molecule has 5 nitrogen and oxygen atoms in total. The highest BCUT2D eigenvalue weighted by Crippen LogP contribution is 2.08. The van der Waals surface area contributed by atoms with E-state index in [1.54, 1.807) is 6.92 Å². The average Bonchev–Trinajstić information content (AvgIpc) is 2.81. The molecule has 0 radical (unpaired) electrons. The monoisotopic (exact) mass is 226 g/mol. The van der Waals surface area contributed by atoms with Gasteiger partial charge in [0.2, 0.25) is 5.91 Å². The summed E-state index contributed by atoms with van der Waals surface area (Å²) in [6.07, 6.45) is 4.87. The van der Waals surface area contributed by atoms with Crippen molar-refractivity contribution in [1.82, 2.24) is 10.2 Å². The van der Waals surface area contributed by atoms with E-state index in [1.165, 1.54) is 19.4 Å². The summed E-state index contributed by atoms with van der Waals surface area (Å²) in [5.74, 6) is -0.361. The number of methoxy groups -OCH3 is 1. The molecule has 0 aromatic carbocycles. The van der Waals surface area contributed by atoms with E-state index in [9.17, 15) is 9.59 Å². The number of esters is 1. The molecule has 1 unspecified atom stereocenters. The average molecular weight is 226 g/mol. The Bertz CT molecular complexity index is 283. The van der Waals surface area contributed by atoms with Crippen LogP contribution in [0.25, 0.3) is 0 Å². The Morgan fingerprint density at radius 3 is 2.56 bits per heavy atom. The smallest absolute Gasteiger partial charge is 0.331 e. The Hall–Kier alpha value is -1.52. The van der Waals surface area contributed by atoms with Crippen LogP contribution in [0.1, 0.15) is 19.8 Å². The van der Waals surface area contributed by atoms with Crippen LogP contribution in [0.4, 0.5) is 0 Å². The molecular weight excluding hydrogens is 208 g/mol. The predicted octanol–water partition coefficient (Wildman–Crippen LogP) is 0.274. The van der Waals surface area contributed by atoms with Gasteiger partial charge in [-0.05, 0) is 19.8 Å². The largest absolute Gasteiger partial charge is 0.466 e. The second-order valence-electron chi connectivity index (χ2n) is 3.78. The van der Waals surface area contributed by atoms with Gasteiger partial charge in [0.25, 0.3) is 0 Å². The zero-order valence-corrected chi connectivity index (χ0v) is 9.73. The molecule has 16 heavy (non-hydrogen) atoms. The zero-order chi connectivity index (χ0) is 12.0. The van der Waals surface area contributed by atoms with Gasteiger partial charge in [0.05, 0.1) is 7.11 Å². The molecule has 0 bridgehead atoms. The topological polar surface area (TPSA) is 58.6 Å². The Balaban J connectivity index is 2.33. The van der Waals surface area contributed by atoms with E-state index < -0.39 is 5.97 Å². The number of carbonyl (C=O) groups is 2. The fourth-order valence-electron chi connectivity index (χ4n) is 1.61. The van der Waals surface area contributed by atoms with Crippen molar-refractivity contribution in [1.29, 1.82) is 0 Å². The molecule has 0 aromatic heterocycles. The summed E-state index contributed by atoms with van der Waals surface area (Å²) in [5, 5.41) is 2.85. The van der Waals surface area contributed by atoms with E-state index >= 15 is 0 Å². The maximum Gasteiger partial charge on any atom is 0.331 e. The number of nitrogens with zero attached hydrogens (tertiary/aromatic N) is 1. The van der Waals surface area contributed by atoms with Gasteiger partial charge in [0.15, 0.2) is 0 Å². The molecule has 1 saturated heterocycles. The standard InChI is InChI=1S/C11H18N2O3/c1-9(12-6-5-10(14)16-2)11(15)13-7-3-4-8-13/h5-6,9,12H,3-4,7-8H2,1-2H3/b6-5+. The minimum absolute atomic E-state index is 0.0759. The van der Waals surface area contributed by atoms with Crippen molar-refractivity contribution in [2.45, 2.75) is 25.8 Å². The number of hydrogen-bond acceptors (Lipinski definition) is 4. The van der Waals surface area contributed by atoms with Crippen molar-refractivity contribution < 1.29 is 14.3 Å². The van der Waals surface area contributed by atoms with Crippen LogP contribution in [0, 0.1) is 0 Å². The number of ether oxygens (including phenoxy) is 1. The van der Waals surface area contributed by atoms with Crippen molar-refractivity contribution >= 4 is 11.9 Å². The van der Waals surface area contributed by atoms with Crippen molar-refractivity contribution in [3.63, 3.8) is 0 Å². The van der Waals surface area contributed by atoms with Crippen molar-refractivity contribution in [3.8, 4) is 0 Å². The fourth-order valence-corrected chi connectivity index (χ4v) is 1.61. The quantitative estimate of drug-likeness (QED) is 0.552. The summed E-state index contributed by atoms with van der Waals surface area (Å²) in [6.45, 7) is 3.46. The third-order valence-corrected chi connectivity index (χ3v) is 2.55. The number of likely N-dealkylation sites (tertiary alicyclic amines) is 1. The molecule has 1 aliphatic heterocycles. The van der Waals surface area contributed by atoms with Crippen LogP contribution < -0.4 is 5.32 Å². The summed E-state index contributed by atoms with van der Waals surface area (Å²) >= 11 is 0. The number of nitrogens with one attached hydrogen (secondary N) is 1. The van der Waals surface area contributed by atoms with Gasteiger partial charge in [-0.3, -0.25) is 4.79 Å². The van der Waals surface area contributed by atoms with Crippen LogP contribution in [0.3, 0.4) is 0 Å². The lowest BCUT2D eigenvalue weighted by molar-refractivity contribution is -0.135. The van der Waals surface area contributed by atoms with Gasteiger partial charge in [0.1, 0.15) is 6.04 Å². The molecule has 0 saturated carbocycles. The van der Waals surface area contributed by atoms with E-state index in [1.807, 2.05) is 4.90 Å². The number of hydrogen-bond donors (Lipinski definition) is 1. The normalized spacial score (nSPS) is 17.5. The lowest BCUT2D eigenvalue weighted by Gasteiger charge is -2.20. The first-order valence-electron chi connectivity index (χ1n) is 5.44. The lowest BCUT2D eigenvalue weighted by Crippen LogP contribution is -2.41. The second-order valence-corrected chi connectivity index (χ2v) is 3.78. The van der Waals surface area contributed by atoms with Crippen molar-refractivity contribution in [3.05, 3.63) is 12.3 Å². The third-order valence-electron chi connectivity index (χ3n) is 2.55. The van der Waals surface area contributed by atoms with E-state index in [0.29, 0.717) is 0 Å². The Morgan fingerprint density at radius 1 is 1.38 bits per heavy atom. The highest BCUT2D eigenvalue weighted by atomic mass is 16.5. The molecule has 1 heterocycles. The maximum absolute atomic E-state index is 11.8. The maximum atomic E-state index is 11.8. The van der Waals surface area contributed by atoms with Gasteiger partial charge in [-0.15, -0.1) is 0 Å². The summed E-state index contributed by atoms with van der Waals surface area (Å²) < 4.78 is 4.43. The molecule has 5 heteroatoms. The van der Waals surface area contributed by atoms with Crippen molar-refractivity contribution in [2.24, 2.45) is 0 Å². The number of carbonyl (C=O) groups excluding carboxylic acids is 2. The zero-order valence-electron chi connectivity index (χ0n) is 9.73. The minimum Gasteiger partial charge on any atom is -0.466 e. The predicted molar refractivity (Wildman–Crippen MR) is 59.6 cm³/mol. The third kappa shape index (κ3) is 3.56. The molecule has 1 fully saturated rings. The van der Waals surface area contributed by atoms with Gasteiger partial charge in [-0.1, -0.05) is 0 Å². The molecule has 0 aliphatic carbocycles. The van der Waals surface area contributed by atoms with Gasteiger partial charge >= 0.3 is 5.97 Å². The minimum atomic E-state index is -0.437. The Labute approximate surface area is 95.4 Å². The summed E-state index contributed by atoms with van der Waals surface area (Å²) in [4.78, 5) is 24.4. The van der Waals surface area contributed by atoms with Gasteiger partial charge < -0.3 is 15.0 Å². The van der Waals surface area contributed by atoms with E-state index in [-0.39, 0.29) is 11.9 Å². The summed E-state index contributed by atoms with van der Waals surface area (Å²) in [5.41, 5.74) is 0. The molecule has 1 N–H and O–H groups in total. The van der Waals surface area contributed by atoms with E-state index in [0.717, 1.165) is 25.9 Å². The molecule has 1 rings (SSSR count). The van der Waals surface area contributed by atoms with Gasteiger partial charge in [0, 0.05) is 25.4 Å². The molecule has 0 spiro atoms. The lowest BCUT2D eigenvalue weighted by atomic mass is 10.3. The van der Waals surface area contributed by atoms with Crippen LogP contribution in [0.5, 0.6) is 0 Å². The summed E-state index contributed by atoms with van der Waals surface area (Å²) in [6, 6.07) is -0.306. The summed E-state index contributed by atoms with van der Waals surface area (Å²) in [7, 11) is 1.31. The first-order chi connectivity index (χ1) is 7.65. The SMILES string of the molecule is COC(=O)/C=C/NC(C)C(=O)N1CCCC1. The second kappa shape index (κ2) is 6.15. The van der Waals surface area contributed by atoms with Crippen molar-refractivity contribution in [2.75, 3.05) is 20.2 Å². The molecule has 1 atom stereocenters. The highest BCUT2D eigenvalue weighted by molar-refractivity contribution is 5.83. The molecule has 90 valence electrons. The van der Waals surface area contributed by atoms with Gasteiger partial charge in [-0.2, -0.15) is 0 Å². The van der Waals surface area contributed by atoms with Gasteiger partial charge in [-0.25, -0.2) is 4.79 Å².